The van der Waals surface area contributed by atoms with Crippen LogP contribution in [-0.2, 0) is 24.2 Å². The van der Waals surface area contributed by atoms with Gasteiger partial charge >= 0.3 is 12.0 Å². The van der Waals surface area contributed by atoms with E-state index in [9.17, 15) is 18.0 Å². The molecule has 2 unspecified atom stereocenters. The first-order valence-electron chi connectivity index (χ1n) is 9.83. The van der Waals surface area contributed by atoms with E-state index in [1.54, 1.807) is 10.8 Å². The zero-order chi connectivity index (χ0) is 23.1. The number of urea groups is 1. The number of ether oxygens (including phenoxy) is 3. The van der Waals surface area contributed by atoms with Gasteiger partial charge in [-0.25, -0.2) is 22.7 Å². The topological polar surface area (TPSA) is 153 Å². The fourth-order valence-corrected chi connectivity index (χ4v) is 4.16. The van der Waals surface area contributed by atoms with Crippen molar-refractivity contribution in [3.63, 3.8) is 0 Å². The molecule has 0 aromatic heterocycles. The third-order valence-electron chi connectivity index (χ3n) is 4.77. The van der Waals surface area contributed by atoms with E-state index in [2.05, 4.69) is 10.2 Å². The monoisotopic (exact) mass is 465 g/mol. The van der Waals surface area contributed by atoms with Crippen molar-refractivity contribution in [2.24, 2.45) is 10.2 Å². The number of carboxylic acid groups (broad SMARTS) is 1. The Morgan fingerprint density at radius 1 is 1.28 bits per heavy atom. The summed E-state index contributed by atoms with van der Waals surface area (Å²) in [6.45, 7) is 2.58. The summed E-state index contributed by atoms with van der Waals surface area (Å²) < 4.78 is 43.2. The van der Waals surface area contributed by atoms with Crippen LogP contribution in [-0.4, -0.2) is 51.3 Å². The van der Waals surface area contributed by atoms with E-state index < -0.39 is 38.7 Å². The minimum absolute atomic E-state index is 0.135. The van der Waals surface area contributed by atoms with Crippen LogP contribution >= 0.6 is 0 Å². The molecule has 1 aromatic carbocycles. The van der Waals surface area contributed by atoms with Crippen LogP contribution in [0.3, 0.4) is 0 Å². The summed E-state index contributed by atoms with van der Waals surface area (Å²) >= 11 is 0. The molecule has 12 heteroatoms. The number of azo groups is 1. The van der Waals surface area contributed by atoms with Crippen LogP contribution in [0.15, 0.2) is 62.9 Å². The first kappa shape index (κ1) is 23.6. The molecule has 0 radical (unpaired) electrons. The van der Waals surface area contributed by atoms with Crippen molar-refractivity contribution in [3.05, 3.63) is 53.3 Å². The molecule has 11 nitrogen and oxygen atoms in total. The number of hydrogen-bond acceptors (Lipinski definition) is 8. The van der Waals surface area contributed by atoms with E-state index in [1.165, 1.54) is 18.4 Å². The van der Waals surface area contributed by atoms with E-state index in [-0.39, 0.29) is 12.9 Å². The zero-order valence-corrected chi connectivity index (χ0v) is 18.1. The van der Waals surface area contributed by atoms with Gasteiger partial charge in [-0.2, -0.15) is 0 Å². The minimum Gasteiger partial charge on any atom is -0.478 e. The SMILES string of the molecule is CC1=C(COC2CCCCO2)C(N=NC(=O)NS(=O)(=O)c2ccccc2C(=O)O)OC=C1. The molecular formula is C20H23N3O8S. The summed E-state index contributed by atoms with van der Waals surface area (Å²) in [4.78, 5) is 22.8. The Hall–Kier alpha value is -3.09. The number of nitrogens with one attached hydrogen (secondary N) is 1. The van der Waals surface area contributed by atoms with Crippen LogP contribution in [0.25, 0.3) is 0 Å². The van der Waals surface area contributed by atoms with Gasteiger partial charge in [0.2, 0.25) is 6.23 Å². The Kier molecular flexibility index (Phi) is 7.72. The molecule has 1 saturated heterocycles. The lowest BCUT2D eigenvalue weighted by molar-refractivity contribution is -0.158. The molecule has 0 bridgehead atoms. The molecule has 2 N–H and O–H groups in total. The van der Waals surface area contributed by atoms with Gasteiger partial charge in [0.05, 0.1) is 18.4 Å². The van der Waals surface area contributed by atoms with Crippen molar-refractivity contribution in [3.8, 4) is 0 Å². The van der Waals surface area contributed by atoms with Crippen molar-refractivity contribution < 1.29 is 37.3 Å². The molecule has 3 rings (SSSR count). The maximum atomic E-state index is 12.4. The second-order valence-corrected chi connectivity index (χ2v) is 8.68. The van der Waals surface area contributed by atoms with Crippen molar-refractivity contribution in [1.29, 1.82) is 0 Å². The van der Waals surface area contributed by atoms with Crippen LogP contribution < -0.4 is 4.72 Å². The smallest absolute Gasteiger partial charge is 0.373 e. The van der Waals surface area contributed by atoms with Gasteiger partial charge in [0.15, 0.2) is 6.29 Å². The van der Waals surface area contributed by atoms with Gasteiger partial charge in [-0.05, 0) is 50.0 Å². The quantitative estimate of drug-likeness (QED) is 0.583. The molecule has 0 saturated carbocycles. The third kappa shape index (κ3) is 5.99. The van der Waals surface area contributed by atoms with Gasteiger partial charge in [-0.1, -0.05) is 17.2 Å². The van der Waals surface area contributed by atoms with Gasteiger partial charge in [0.25, 0.3) is 10.0 Å². The number of benzene rings is 1. The average molecular weight is 465 g/mol. The lowest BCUT2D eigenvalue weighted by Crippen LogP contribution is -2.30. The number of sulfonamides is 1. The standard InChI is InChI=1S/C20H23N3O8S/c1-13-9-11-30-18(15(13)12-31-17-8-4-5-10-29-17)21-22-20(26)23-32(27,28)16-7-3-2-6-14(16)19(24)25/h2-3,6-7,9,11,17-18H,4-5,8,10,12H2,1H3,(H,23,26)(H,24,25). The number of aromatic carboxylic acids is 1. The number of rotatable bonds is 7. The summed E-state index contributed by atoms with van der Waals surface area (Å²) in [5.74, 6) is -1.45. The molecule has 2 atom stereocenters. The Labute approximate surface area is 184 Å². The van der Waals surface area contributed by atoms with Crippen molar-refractivity contribution in [2.45, 2.75) is 43.6 Å². The molecule has 0 aliphatic carbocycles. The number of carbonyl (C=O) groups excluding carboxylic acids is 1. The van der Waals surface area contributed by atoms with Gasteiger partial charge in [0.1, 0.15) is 4.90 Å². The normalized spacial score (nSPS) is 21.4. The van der Waals surface area contributed by atoms with E-state index in [0.29, 0.717) is 12.2 Å². The Morgan fingerprint density at radius 2 is 2.06 bits per heavy atom. The van der Waals surface area contributed by atoms with Crippen LogP contribution in [0.2, 0.25) is 0 Å². The van der Waals surface area contributed by atoms with Crippen LogP contribution in [0.4, 0.5) is 4.79 Å². The second-order valence-electron chi connectivity index (χ2n) is 7.03. The van der Waals surface area contributed by atoms with Crippen LogP contribution in [0.5, 0.6) is 0 Å². The highest BCUT2D eigenvalue weighted by Crippen LogP contribution is 2.23. The molecule has 2 aliphatic rings. The summed E-state index contributed by atoms with van der Waals surface area (Å²) in [5, 5.41) is 16.3. The fraction of sp³-hybridized carbons (Fsp3) is 0.400. The number of nitrogens with zero attached hydrogens (tertiary/aromatic N) is 2. The largest absolute Gasteiger partial charge is 0.478 e. The van der Waals surface area contributed by atoms with Crippen LogP contribution in [0.1, 0.15) is 36.5 Å². The number of amides is 2. The predicted molar refractivity (Wildman–Crippen MR) is 110 cm³/mol. The molecular weight excluding hydrogens is 442 g/mol. The minimum atomic E-state index is -4.48. The Bertz CT molecular complexity index is 1060. The van der Waals surface area contributed by atoms with Crippen molar-refractivity contribution in [2.75, 3.05) is 13.2 Å². The first-order chi connectivity index (χ1) is 15.3. The summed E-state index contributed by atoms with van der Waals surface area (Å²) in [6, 6.07) is 3.60. The van der Waals surface area contributed by atoms with E-state index in [0.717, 1.165) is 37.0 Å². The van der Waals surface area contributed by atoms with E-state index in [4.69, 9.17) is 19.3 Å². The van der Waals surface area contributed by atoms with E-state index in [1.807, 2.05) is 6.92 Å². The number of hydrogen-bond donors (Lipinski definition) is 2. The van der Waals surface area contributed by atoms with E-state index >= 15 is 0 Å². The second kappa shape index (κ2) is 10.5. The van der Waals surface area contributed by atoms with Gasteiger partial charge in [0, 0.05) is 12.2 Å². The predicted octanol–water partition coefficient (Wildman–Crippen LogP) is 2.97. The summed E-state index contributed by atoms with van der Waals surface area (Å²) in [6.07, 6.45) is 4.53. The lowest BCUT2D eigenvalue weighted by atomic mass is 10.1. The number of allylic oxidation sites excluding steroid dienone is 2. The fourth-order valence-electron chi connectivity index (χ4n) is 3.08. The maximum absolute atomic E-state index is 12.4. The Morgan fingerprint density at radius 3 is 2.78 bits per heavy atom. The maximum Gasteiger partial charge on any atom is 0.373 e. The Balaban J connectivity index is 1.67. The highest BCUT2D eigenvalue weighted by Gasteiger charge is 2.25. The highest BCUT2D eigenvalue weighted by molar-refractivity contribution is 7.90. The van der Waals surface area contributed by atoms with Gasteiger partial charge in [-0.3, -0.25) is 0 Å². The van der Waals surface area contributed by atoms with Gasteiger partial charge in [-0.15, -0.1) is 5.11 Å². The number of carbonyl (C=O) groups is 2. The third-order valence-corrected chi connectivity index (χ3v) is 6.15. The van der Waals surface area contributed by atoms with Crippen LogP contribution in [0, 0.1) is 0 Å². The zero-order valence-electron chi connectivity index (χ0n) is 17.3. The summed E-state index contributed by atoms with van der Waals surface area (Å²) in [7, 11) is -4.48. The molecule has 1 fully saturated rings. The van der Waals surface area contributed by atoms with Crippen molar-refractivity contribution >= 4 is 22.0 Å². The summed E-state index contributed by atoms with van der Waals surface area (Å²) in [5.41, 5.74) is 0.935. The molecule has 32 heavy (non-hydrogen) atoms. The number of carboxylic acids is 1. The lowest BCUT2D eigenvalue weighted by Gasteiger charge is -2.26. The molecule has 172 valence electrons. The highest BCUT2D eigenvalue weighted by atomic mass is 32.2. The molecule has 1 aromatic rings. The van der Waals surface area contributed by atoms with Gasteiger partial charge < -0.3 is 19.3 Å². The molecule has 2 amide bonds. The molecule has 2 heterocycles. The molecule has 2 aliphatic heterocycles. The van der Waals surface area contributed by atoms with Crippen molar-refractivity contribution in [1.82, 2.24) is 4.72 Å². The average Bonchev–Trinajstić information content (AvgIpc) is 2.77. The molecule has 0 spiro atoms. The first-order valence-corrected chi connectivity index (χ1v) is 11.3.